The van der Waals surface area contributed by atoms with Gasteiger partial charge in [0, 0.05) is 32.2 Å². The molecule has 1 saturated carbocycles. The molecule has 2 saturated heterocycles. The van der Waals surface area contributed by atoms with E-state index < -0.39 is 27.9 Å². The van der Waals surface area contributed by atoms with Gasteiger partial charge in [-0.05, 0) is 37.5 Å². The molecule has 0 spiro atoms. The number of amides is 4. The molecule has 0 radical (unpaired) electrons. The van der Waals surface area contributed by atoms with Crippen LogP contribution in [-0.4, -0.2) is 84.2 Å². The second-order valence-electron chi connectivity index (χ2n) is 7.40. The van der Waals surface area contributed by atoms with Gasteiger partial charge in [-0.3, -0.25) is 19.4 Å². The van der Waals surface area contributed by atoms with E-state index in [2.05, 4.69) is 0 Å². The first-order chi connectivity index (χ1) is 13.3. The lowest BCUT2D eigenvalue weighted by Gasteiger charge is -2.35. The number of nitrogens with zero attached hydrogens (tertiary/aromatic N) is 4. The van der Waals surface area contributed by atoms with Crippen molar-refractivity contribution in [2.24, 2.45) is 0 Å². The second-order valence-corrected chi connectivity index (χ2v) is 9.34. The van der Waals surface area contributed by atoms with Crippen LogP contribution in [0.2, 0.25) is 0 Å². The van der Waals surface area contributed by atoms with Gasteiger partial charge in [-0.1, -0.05) is 12.1 Å². The van der Waals surface area contributed by atoms with Crippen LogP contribution in [-0.2, 0) is 19.6 Å². The van der Waals surface area contributed by atoms with Crippen LogP contribution in [0.5, 0.6) is 0 Å². The molecule has 0 N–H and O–H groups in total. The maximum atomic E-state index is 12.8. The lowest BCUT2D eigenvalue weighted by Crippen LogP contribution is -2.52. The van der Waals surface area contributed by atoms with E-state index in [4.69, 9.17) is 0 Å². The number of urea groups is 1. The van der Waals surface area contributed by atoms with Gasteiger partial charge < -0.3 is 0 Å². The number of aryl methyl sites for hydroxylation is 1. The van der Waals surface area contributed by atoms with Crippen LogP contribution in [0.1, 0.15) is 18.4 Å². The largest absolute Gasteiger partial charge is 0.335 e. The molecule has 0 atom stereocenters. The molecule has 2 aliphatic heterocycles. The Bertz CT molecular complexity index is 935. The number of imide groups is 2. The van der Waals surface area contributed by atoms with E-state index in [-0.39, 0.29) is 30.7 Å². The van der Waals surface area contributed by atoms with Crippen molar-refractivity contribution in [3.63, 3.8) is 0 Å². The molecule has 0 unspecified atom stereocenters. The van der Waals surface area contributed by atoms with Crippen molar-refractivity contribution < 1.29 is 22.8 Å². The van der Waals surface area contributed by atoms with Gasteiger partial charge in [-0.15, -0.1) is 0 Å². The van der Waals surface area contributed by atoms with Crippen molar-refractivity contribution >= 4 is 27.9 Å². The minimum absolute atomic E-state index is 0.00492. The molecule has 2 heterocycles. The summed E-state index contributed by atoms with van der Waals surface area (Å²) < 4.78 is 27.0. The summed E-state index contributed by atoms with van der Waals surface area (Å²) in [5.74, 6) is -1.56. The summed E-state index contributed by atoms with van der Waals surface area (Å²) in [6.07, 6.45) is 1.49. The molecular weight excluding hydrogens is 384 g/mol. The topological polar surface area (TPSA) is 98.3 Å². The highest BCUT2D eigenvalue weighted by molar-refractivity contribution is 7.89. The predicted octanol–water partition coefficient (Wildman–Crippen LogP) is 0.212. The average Bonchev–Trinajstić information content (AvgIpc) is 3.47. The molecule has 28 heavy (non-hydrogen) atoms. The number of hydrogen-bond acceptors (Lipinski definition) is 6. The lowest BCUT2D eigenvalue weighted by atomic mass is 10.2. The maximum absolute atomic E-state index is 12.8. The number of hydrogen-bond donors (Lipinski definition) is 0. The summed E-state index contributed by atoms with van der Waals surface area (Å²) >= 11 is 0. The van der Waals surface area contributed by atoms with E-state index in [0.717, 1.165) is 28.2 Å². The Kier molecular flexibility index (Phi) is 4.72. The van der Waals surface area contributed by atoms with Gasteiger partial charge in [0.15, 0.2) is 0 Å². The molecule has 0 bridgehead atoms. The first-order valence-corrected chi connectivity index (χ1v) is 10.7. The normalized spacial score (nSPS) is 22.4. The lowest BCUT2D eigenvalue weighted by molar-refractivity contribution is -0.144. The van der Waals surface area contributed by atoms with Crippen LogP contribution in [0.25, 0.3) is 0 Å². The molecule has 150 valence electrons. The fourth-order valence-corrected chi connectivity index (χ4v) is 5.07. The zero-order chi connectivity index (χ0) is 20.1. The quantitative estimate of drug-likeness (QED) is 0.512. The SMILES string of the molecule is Cc1cccc(S(=O)(=O)N2CCN(CN3C(=O)C(=O)N(C4CC4)C3=O)CC2)c1. The number of sulfonamides is 1. The van der Waals surface area contributed by atoms with Crippen molar-refractivity contribution in [2.45, 2.75) is 30.7 Å². The third-order valence-electron chi connectivity index (χ3n) is 5.30. The van der Waals surface area contributed by atoms with E-state index in [1.165, 1.54) is 4.31 Å². The molecule has 1 aromatic carbocycles. The summed E-state index contributed by atoms with van der Waals surface area (Å²) in [6, 6.07) is 6.06. The molecule has 1 aromatic rings. The van der Waals surface area contributed by atoms with Crippen molar-refractivity contribution in [1.82, 2.24) is 19.0 Å². The molecule has 4 rings (SSSR count). The van der Waals surface area contributed by atoms with Crippen LogP contribution >= 0.6 is 0 Å². The summed E-state index contributed by atoms with van der Waals surface area (Å²) in [4.78, 5) is 40.7. The number of carbonyl (C=O) groups excluding carboxylic acids is 3. The summed E-state index contributed by atoms with van der Waals surface area (Å²) in [5.41, 5.74) is 0.871. The molecule has 10 heteroatoms. The minimum Gasteiger partial charge on any atom is -0.283 e. The van der Waals surface area contributed by atoms with Gasteiger partial charge in [-0.2, -0.15) is 4.31 Å². The van der Waals surface area contributed by atoms with Gasteiger partial charge >= 0.3 is 17.8 Å². The van der Waals surface area contributed by atoms with Crippen LogP contribution in [0.4, 0.5) is 4.79 Å². The zero-order valence-corrected chi connectivity index (χ0v) is 16.4. The third kappa shape index (κ3) is 3.31. The fourth-order valence-electron chi connectivity index (χ4n) is 3.54. The highest BCUT2D eigenvalue weighted by atomic mass is 32.2. The summed E-state index contributed by atoms with van der Waals surface area (Å²) in [6.45, 7) is 3.11. The Hall–Kier alpha value is -2.30. The van der Waals surface area contributed by atoms with Crippen LogP contribution < -0.4 is 0 Å². The first-order valence-electron chi connectivity index (χ1n) is 9.27. The first kappa shape index (κ1) is 19.0. The molecule has 1 aliphatic carbocycles. The summed E-state index contributed by atoms with van der Waals surface area (Å²) in [5, 5.41) is 0. The zero-order valence-electron chi connectivity index (χ0n) is 15.6. The van der Waals surface area contributed by atoms with Gasteiger partial charge in [0.05, 0.1) is 11.6 Å². The molecular formula is C18H22N4O5S. The smallest absolute Gasteiger partial charge is 0.283 e. The molecule has 3 fully saturated rings. The van der Waals surface area contributed by atoms with Gasteiger partial charge in [0.2, 0.25) is 10.0 Å². The molecule has 4 amide bonds. The second kappa shape index (κ2) is 6.94. The van der Waals surface area contributed by atoms with Crippen molar-refractivity contribution in [3.05, 3.63) is 29.8 Å². The Balaban J connectivity index is 1.39. The van der Waals surface area contributed by atoms with Gasteiger partial charge in [-0.25, -0.2) is 18.1 Å². The number of benzene rings is 1. The van der Waals surface area contributed by atoms with Crippen molar-refractivity contribution in [1.29, 1.82) is 0 Å². The van der Waals surface area contributed by atoms with E-state index >= 15 is 0 Å². The van der Waals surface area contributed by atoms with E-state index in [1.807, 2.05) is 17.9 Å². The summed E-state index contributed by atoms with van der Waals surface area (Å²) in [7, 11) is -3.58. The van der Waals surface area contributed by atoms with Crippen LogP contribution in [0.3, 0.4) is 0 Å². The Labute approximate surface area is 163 Å². The van der Waals surface area contributed by atoms with Crippen molar-refractivity contribution in [2.75, 3.05) is 32.8 Å². The average molecular weight is 406 g/mol. The van der Waals surface area contributed by atoms with Crippen LogP contribution in [0, 0.1) is 6.92 Å². The van der Waals surface area contributed by atoms with Crippen LogP contribution in [0.15, 0.2) is 29.2 Å². The molecule has 3 aliphatic rings. The van der Waals surface area contributed by atoms with Gasteiger partial charge in [0.1, 0.15) is 0 Å². The predicted molar refractivity (Wildman–Crippen MR) is 98.5 cm³/mol. The third-order valence-corrected chi connectivity index (χ3v) is 7.19. The molecule has 9 nitrogen and oxygen atoms in total. The van der Waals surface area contributed by atoms with E-state index in [9.17, 15) is 22.8 Å². The fraction of sp³-hybridized carbons (Fsp3) is 0.500. The Morgan fingerprint density at radius 3 is 2.29 bits per heavy atom. The standard InChI is InChI=1S/C18H22N4O5S/c1-13-3-2-4-15(11-13)28(26,27)20-9-7-19(8-10-20)12-21-16(23)17(24)22(18(21)25)14-5-6-14/h2-4,11,14H,5-10,12H2,1H3. The monoisotopic (exact) mass is 406 g/mol. The highest BCUT2D eigenvalue weighted by Crippen LogP contribution is 2.31. The Morgan fingerprint density at radius 1 is 1.00 bits per heavy atom. The highest BCUT2D eigenvalue weighted by Gasteiger charge is 2.51. The molecule has 0 aromatic heterocycles. The van der Waals surface area contributed by atoms with E-state index in [0.29, 0.717) is 13.1 Å². The number of piperazine rings is 1. The number of carbonyl (C=O) groups is 3. The maximum Gasteiger partial charge on any atom is 0.335 e. The Morgan fingerprint density at radius 2 is 1.68 bits per heavy atom. The van der Waals surface area contributed by atoms with Crippen molar-refractivity contribution in [3.8, 4) is 0 Å². The van der Waals surface area contributed by atoms with E-state index in [1.54, 1.807) is 18.2 Å². The van der Waals surface area contributed by atoms with Gasteiger partial charge in [0.25, 0.3) is 0 Å². The minimum atomic E-state index is -3.58. The number of rotatable bonds is 5.